The van der Waals surface area contributed by atoms with E-state index in [0.717, 1.165) is 0 Å². The maximum Gasteiger partial charge on any atom is 0.355 e. The largest absolute Gasteiger partial charge is 0.451 e. The van der Waals surface area contributed by atoms with Gasteiger partial charge < -0.3 is 14.6 Å². The van der Waals surface area contributed by atoms with Crippen molar-refractivity contribution in [3.05, 3.63) is 47.8 Å². The van der Waals surface area contributed by atoms with Gasteiger partial charge in [-0.3, -0.25) is 4.79 Å². The summed E-state index contributed by atoms with van der Waals surface area (Å²) in [5, 5.41) is 2.51. The smallest absolute Gasteiger partial charge is 0.355 e. The van der Waals surface area contributed by atoms with E-state index >= 15 is 0 Å². The second kappa shape index (κ2) is 7.49. The number of aryl methyl sites for hydroxylation is 2. The zero-order valence-electron chi connectivity index (χ0n) is 14.1. The number of carbonyl (C=O) groups is 2. The van der Waals surface area contributed by atoms with Crippen molar-refractivity contribution >= 4 is 27.6 Å². The summed E-state index contributed by atoms with van der Waals surface area (Å²) in [4.78, 5) is 23.8. The average Bonchev–Trinajstić information content (AvgIpc) is 3.00. The van der Waals surface area contributed by atoms with Crippen molar-refractivity contribution in [3.8, 4) is 0 Å². The molecule has 0 atom stereocenters. The van der Waals surface area contributed by atoms with Crippen LogP contribution >= 0.6 is 0 Å². The minimum Gasteiger partial charge on any atom is -0.451 e. The van der Waals surface area contributed by atoms with Gasteiger partial charge in [0.05, 0.1) is 4.90 Å². The van der Waals surface area contributed by atoms with Gasteiger partial charge in [-0.15, -0.1) is 0 Å². The van der Waals surface area contributed by atoms with Crippen LogP contribution in [0.4, 0.5) is 5.69 Å². The Bertz CT molecular complexity index is 902. The number of carbonyl (C=O) groups excluding carboxylic acids is 2. The number of rotatable bonds is 6. The number of aromatic nitrogens is 1. The molecule has 0 unspecified atom stereocenters. The summed E-state index contributed by atoms with van der Waals surface area (Å²) in [5.41, 5.74) is 1.16. The maximum absolute atomic E-state index is 11.9. The number of hydrogen-bond acceptors (Lipinski definition) is 5. The Morgan fingerprint density at radius 3 is 2.56 bits per heavy atom. The molecule has 25 heavy (non-hydrogen) atoms. The Hall–Kier alpha value is -2.65. The summed E-state index contributed by atoms with van der Waals surface area (Å²) in [6, 6.07) is 7.76. The Labute approximate surface area is 145 Å². The molecule has 2 rings (SSSR count). The molecule has 0 aliphatic carbocycles. The molecule has 0 radical (unpaired) electrons. The van der Waals surface area contributed by atoms with Crippen LogP contribution in [0.3, 0.4) is 0 Å². The molecule has 9 heteroatoms. The van der Waals surface area contributed by atoms with Crippen LogP contribution in [-0.2, 0) is 26.6 Å². The van der Waals surface area contributed by atoms with Gasteiger partial charge in [0.2, 0.25) is 10.0 Å². The lowest BCUT2D eigenvalue weighted by Crippen LogP contribution is -2.23. The van der Waals surface area contributed by atoms with E-state index < -0.39 is 28.5 Å². The second-order valence-electron chi connectivity index (χ2n) is 5.32. The van der Waals surface area contributed by atoms with Crippen LogP contribution in [0.1, 0.15) is 16.1 Å². The van der Waals surface area contributed by atoms with Crippen molar-refractivity contribution in [2.75, 3.05) is 19.0 Å². The van der Waals surface area contributed by atoms with E-state index in [1.54, 1.807) is 49.0 Å². The molecular formula is C16H19N3O5S. The fourth-order valence-electron chi connectivity index (χ4n) is 2.15. The highest BCUT2D eigenvalue weighted by molar-refractivity contribution is 7.89. The number of sulfonamides is 1. The van der Waals surface area contributed by atoms with E-state index in [1.807, 2.05) is 0 Å². The highest BCUT2D eigenvalue weighted by Gasteiger charge is 2.17. The third-order valence-electron chi connectivity index (χ3n) is 3.52. The predicted molar refractivity (Wildman–Crippen MR) is 91.7 cm³/mol. The molecule has 0 aliphatic rings. The third kappa shape index (κ3) is 4.46. The number of nitrogens with zero attached hydrogens (tertiary/aromatic N) is 1. The van der Waals surface area contributed by atoms with Crippen LogP contribution in [0.15, 0.2) is 41.4 Å². The van der Waals surface area contributed by atoms with E-state index in [9.17, 15) is 18.0 Å². The first-order chi connectivity index (χ1) is 11.7. The van der Waals surface area contributed by atoms with Gasteiger partial charge >= 0.3 is 5.97 Å². The Kier molecular flexibility index (Phi) is 5.60. The molecular weight excluding hydrogens is 346 g/mol. The van der Waals surface area contributed by atoms with Gasteiger partial charge in [0.1, 0.15) is 5.69 Å². The number of ether oxygens (including phenoxy) is 1. The second-order valence-corrected chi connectivity index (χ2v) is 7.17. The Morgan fingerprint density at radius 2 is 1.96 bits per heavy atom. The summed E-state index contributed by atoms with van der Waals surface area (Å²) in [6.45, 7) is 1.17. The fourth-order valence-corrected chi connectivity index (χ4v) is 3.15. The minimum absolute atomic E-state index is 0.0635. The van der Waals surface area contributed by atoms with E-state index in [2.05, 4.69) is 10.0 Å². The first kappa shape index (κ1) is 18.7. The van der Waals surface area contributed by atoms with Crippen LogP contribution in [-0.4, -0.2) is 38.5 Å². The van der Waals surface area contributed by atoms with E-state index in [-0.39, 0.29) is 4.90 Å². The van der Waals surface area contributed by atoms with Gasteiger partial charge in [-0.05, 0) is 43.8 Å². The monoisotopic (exact) mass is 365 g/mol. The molecule has 0 saturated carbocycles. The standard InChI is InChI=1S/C16H19N3O5S/c1-11-6-7-12(9-14(11)25(22,23)17-2)18-15(20)10-24-16(21)13-5-4-8-19(13)3/h4-9,17H,10H2,1-3H3,(H,18,20). The van der Waals surface area contributed by atoms with Gasteiger partial charge in [-0.1, -0.05) is 6.07 Å². The topological polar surface area (TPSA) is 107 Å². The number of hydrogen-bond donors (Lipinski definition) is 2. The zero-order valence-corrected chi connectivity index (χ0v) is 14.9. The molecule has 8 nitrogen and oxygen atoms in total. The van der Waals surface area contributed by atoms with E-state index in [1.165, 1.54) is 13.1 Å². The number of benzene rings is 1. The lowest BCUT2D eigenvalue weighted by molar-refractivity contribution is -0.119. The normalized spacial score (nSPS) is 11.2. The predicted octanol–water partition coefficient (Wildman–Crippen LogP) is 1.04. The van der Waals surface area contributed by atoms with Crippen LogP contribution in [0.5, 0.6) is 0 Å². The summed E-state index contributed by atoms with van der Waals surface area (Å²) in [5.74, 6) is -1.19. The first-order valence-corrected chi connectivity index (χ1v) is 8.85. The third-order valence-corrected chi connectivity index (χ3v) is 5.07. The van der Waals surface area contributed by atoms with Gasteiger partial charge in [-0.2, -0.15) is 0 Å². The fraction of sp³-hybridized carbons (Fsp3) is 0.250. The van der Waals surface area contributed by atoms with Gasteiger partial charge in [0.25, 0.3) is 5.91 Å². The van der Waals surface area contributed by atoms with Crippen LogP contribution < -0.4 is 10.0 Å². The SMILES string of the molecule is CNS(=O)(=O)c1cc(NC(=O)COC(=O)c2cccn2C)ccc1C. The highest BCUT2D eigenvalue weighted by Crippen LogP contribution is 2.19. The number of anilines is 1. The molecule has 134 valence electrons. The zero-order chi connectivity index (χ0) is 18.6. The number of nitrogens with one attached hydrogen (secondary N) is 2. The van der Waals surface area contributed by atoms with Crippen molar-refractivity contribution in [2.45, 2.75) is 11.8 Å². The summed E-state index contributed by atoms with van der Waals surface area (Å²) in [6.07, 6.45) is 1.69. The van der Waals surface area contributed by atoms with Gasteiger partial charge in [0, 0.05) is 18.9 Å². The molecule has 1 aromatic carbocycles. The summed E-state index contributed by atoms with van der Waals surface area (Å²) < 4.78 is 32.6. The van der Waals surface area contributed by atoms with Crippen molar-refractivity contribution in [3.63, 3.8) is 0 Å². The van der Waals surface area contributed by atoms with Crippen LogP contribution in [0.2, 0.25) is 0 Å². The van der Waals surface area contributed by atoms with Crippen LogP contribution in [0, 0.1) is 6.92 Å². The molecule has 1 heterocycles. The van der Waals surface area contributed by atoms with Crippen LogP contribution in [0.25, 0.3) is 0 Å². The molecule has 2 N–H and O–H groups in total. The molecule has 0 fully saturated rings. The Balaban J connectivity index is 2.03. The van der Waals surface area contributed by atoms with E-state index in [0.29, 0.717) is 16.9 Å². The highest BCUT2D eigenvalue weighted by atomic mass is 32.2. The van der Waals surface area contributed by atoms with Crippen molar-refractivity contribution in [1.29, 1.82) is 0 Å². The van der Waals surface area contributed by atoms with Crippen molar-refractivity contribution in [1.82, 2.24) is 9.29 Å². The number of esters is 1. The summed E-state index contributed by atoms with van der Waals surface area (Å²) in [7, 11) is -0.641. The maximum atomic E-state index is 11.9. The van der Waals surface area contributed by atoms with Crippen molar-refractivity contribution in [2.24, 2.45) is 7.05 Å². The van der Waals surface area contributed by atoms with Crippen molar-refractivity contribution < 1.29 is 22.7 Å². The molecule has 0 saturated heterocycles. The van der Waals surface area contributed by atoms with Gasteiger partial charge in [-0.25, -0.2) is 17.9 Å². The van der Waals surface area contributed by atoms with Gasteiger partial charge in [0.15, 0.2) is 6.61 Å². The molecule has 1 aromatic heterocycles. The molecule has 0 aliphatic heterocycles. The average molecular weight is 365 g/mol. The molecule has 1 amide bonds. The number of amides is 1. The van der Waals surface area contributed by atoms with E-state index in [4.69, 9.17) is 4.74 Å². The first-order valence-electron chi connectivity index (χ1n) is 7.37. The lowest BCUT2D eigenvalue weighted by atomic mass is 10.2. The quantitative estimate of drug-likeness (QED) is 0.744. The molecule has 2 aromatic rings. The summed E-state index contributed by atoms with van der Waals surface area (Å²) >= 11 is 0. The molecule has 0 spiro atoms. The minimum atomic E-state index is -3.64. The Morgan fingerprint density at radius 1 is 1.24 bits per heavy atom. The lowest BCUT2D eigenvalue weighted by Gasteiger charge is -2.11. The molecule has 0 bridgehead atoms.